The number of fused-ring (bicyclic) bond motifs is 1. The summed E-state index contributed by atoms with van der Waals surface area (Å²) in [6.07, 6.45) is 0.491. The number of carbonyl (C=O) groups excluding carboxylic acids is 3. The van der Waals surface area contributed by atoms with Gasteiger partial charge in [-0.15, -0.1) is 11.3 Å². The highest BCUT2D eigenvalue weighted by Gasteiger charge is 2.29. The molecule has 1 aromatic carbocycles. The molecule has 0 aliphatic carbocycles. The van der Waals surface area contributed by atoms with Gasteiger partial charge in [0.15, 0.2) is 6.61 Å². The lowest BCUT2D eigenvalue weighted by atomic mass is 10.2. The number of nitrogens with one attached hydrogen (secondary N) is 3. The van der Waals surface area contributed by atoms with Crippen molar-refractivity contribution in [1.82, 2.24) is 15.4 Å². The van der Waals surface area contributed by atoms with Crippen molar-refractivity contribution in [3.63, 3.8) is 0 Å². The second-order valence-corrected chi connectivity index (χ2v) is 9.06. The van der Waals surface area contributed by atoms with Crippen LogP contribution in [-0.4, -0.2) is 51.9 Å². The summed E-state index contributed by atoms with van der Waals surface area (Å²) >= 11 is 1.57. The largest absolute Gasteiger partial charge is 0.456 e. The molecule has 1 aromatic heterocycles. The first kappa shape index (κ1) is 22.4. The number of thiophene rings is 1. The third-order valence-electron chi connectivity index (χ3n) is 4.10. The normalized spacial score (nSPS) is 15.0. The summed E-state index contributed by atoms with van der Waals surface area (Å²) < 4.78 is 31.1. The number of esters is 1. The van der Waals surface area contributed by atoms with Gasteiger partial charge in [0, 0.05) is 17.0 Å². The van der Waals surface area contributed by atoms with Crippen LogP contribution in [0.2, 0.25) is 0 Å². The molecule has 1 aliphatic rings. The van der Waals surface area contributed by atoms with Gasteiger partial charge in [-0.3, -0.25) is 24.6 Å². The van der Waals surface area contributed by atoms with E-state index in [4.69, 9.17) is 4.74 Å². The van der Waals surface area contributed by atoms with Crippen molar-refractivity contribution in [2.45, 2.75) is 17.7 Å². The number of imide groups is 1. The highest BCUT2D eigenvalue weighted by Crippen LogP contribution is 2.22. The molecule has 0 fully saturated rings. The van der Waals surface area contributed by atoms with E-state index >= 15 is 0 Å². The number of carbonyl (C=O) groups is 3. The van der Waals surface area contributed by atoms with Gasteiger partial charge in [-0.05, 0) is 30.0 Å². The van der Waals surface area contributed by atoms with E-state index in [0.29, 0.717) is 18.5 Å². The minimum Gasteiger partial charge on any atom is -0.456 e. The third-order valence-corrected chi connectivity index (χ3v) is 6.44. The van der Waals surface area contributed by atoms with E-state index in [1.54, 1.807) is 29.5 Å². The lowest BCUT2D eigenvalue weighted by Crippen LogP contribution is -2.42. The number of nitrogens with zero attached hydrogens (tertiary/aromatic N) is 1. The van der Waals surface area contributed by atoms with Gasteiger partial charge >= 0.3 is 12.0 Å². The first-order valence-corrected chi connectivity index (χ1v) is 11.6. The Kier molecular flexibility index (Phi) is 7.36. The van der Waals surface area contributed by atoms with E-state index < -0.39 is 34.5 Å². The number of urea groups is 1. The van der Waals surface area contributed by atoms with Crippen LogP contribution < -0.4 is 15.4 Å². The van der Waals surface area contributed by atoms with Crippen LogP contribution in [0.4, 0.5) is 4.79 Å². The van der Waals surface area contributed by atoms with Crippen molar-refractivity contribution in [2.24, 2.45) is 4.99 Å². The molecular weight excluding hydrogens is 444 g/mol. The number of amides is 3. The summed E-state index contributed by atoms with van der Waals surface area (Å²) in [5.74, 6) is -1.31. The summed E-state index contributed by atoms with van der Waals surface area (Å²) in [6.45, 7) is -0.272. The van der Waals surface area contributed by atoms with Gasteiger partial charge < -0.3 is 10.1 Å². The molecule has 3 N–H and O–H groups in total. The van der Waals surface area contributed by atoms with Crippen LogP contribution >= 0.6 is 11.3 Å². The van der Waals surface area contributed by atoms with Crippen LogP contribution in [0.25, 0.3) is 0 Å². The SMILES string of the molecule is O=C(COC(=O)CCN=C1NS(=O)(=O)c2ccccc21)NC(=O)NCCc1cccs1. The van der Waals surface area contributed by atoms with E-state index in [1.165, 1.54) is 6.07 Å². The molecule has 0 unspecified atom stereocenters. The summed E-state index contributed by atoms with van der Waals surface area (Å²) in [7, 11) is -3.65. The van der Waals surface area contributed by atoms with Crippen LogP contribution in [0.3, 0.4) is 0 Å². The molecule has 2 heterocycles. The van der Waals surface area contributed by atoms with Gasteiger partial charge in [0.1, 0.15) is 5.84 Å². The second kappa shape index (κ2) is 10.2. The molecule has 10 nitrogen and oxygen atoms in total. The monoisotopic (exact) mass is 464 g/mol. The van der Waals surface area contributed by atoms with Crippen molar-refractivity contribution in [1.29, 1.82) is 0 Å². The molecule has 12 heteroatoms. The average Bonchev–Trinajstić information content (AvgIpc) is 3.33. The zero-order chi connectivity index (χ0) is 22.3. The molecule has 0 atom stereocenters. The Hall–Kier alpha value is -3.25. The number of amidine groups is 1. The molecule has 1 aliphatic heterocycles. The van der Waals surface area contributed by atoms with Gasteiger partial charge in [0.05, 0.1) is 17.9 Å². The van der Waals surface area contributed by atoms with E-state index in [0.717, 1.165) is 4.88 Å². The Morgan fingerprint density at radius 2 is 1.94 bits per heavy atom. The molecule has 3 amide bonds. The number of aliphatic imine (C=N–C) groups is 1. The van der Waals surface area contributed by atoms with Crippen LogP contribution in [0.5, 0.6) is 0 Å². The van der Waals surface area contributed by atoms with E-state index in [1.807, 2.05) is 17.5 Å². The van der Waals surface area contributed by atoms with Crippen LogP contribution in [-0.2, 0) is 30.8 Å². The Morgan fingerprint density at radius 1 is 1.13 bits per heavy atom. The van der Waals surface area contributed by atoms with Crippen LogP contribution in [0.1, 0.15) is 16.9 Å². The summed E-state index contributed by atoms with van der Waals surface area (Å²) in [5.41, 5.74) is 0.431. The number of hydrogen-bond acceptors (Lipinski definition) is 8. The average molecular weight is 465 g/mol. The Bertz CT molecular complexity index is 1100. The summed E-state index contributed by atoms with van der Waals surface area (Å²) in [4.78, 5) is 40.4. The molecular formula is C19H20N4O6S2. The smallest absolute Gasteiger partial charge is 0.321 e. The number of benzene rings is 1. The van der Waals surface area contributed by atoms with E-state index in [9.17, 15) is 22.8 Å². The van der Waals surface area contributed by atoms with Gasteiger partial charge in [-0.25, -0.2) is 13.2 Å². The molecule has 164 valence electrons. The van der Waals surface area contributed by atoms with Gasteiger partial charge in [0.25, 0.3) is 15.9 Å². The highest BCUT2D eigenvalue weighted by atomic mass is 32.2. The molecule has 0 bridgehead atoms. The standard InChI is InChI=1S/C19H20N4O6S2/c24-16(22-19(26)21-9-7-13-4-3-11-30-13)12-29-17(25)8-10-20-18-14-5-1-2-6-15(14)31(27,28)23-18/h1-6,11H,7-10,12H2,(H,20,23)(H2,21,22,24,26). The molecule has 0 spiro atoms. The summed E-state index contributed by atoms with van der Waals surface area (Å²) in [6, 6.07) is 9.55. The number of hydrogen-bond donors (Lipinski definition) is 3. The second-order valence-electron chi connectivity index (χ2n) is 6.38. The zero-order valence-corrected chi connectivity index (χ0v) is 17.9. The van der Waals surface area contributed by atoms with Gasteiger partial charge in [-0.2, -0.15) is 0 Å². The van der Waals surface area contributed by atoms with Crippen molar-refractivity contribution >= 4 is 45.1 Å². The topological polar surface area (TPSA) is 143 Å². The molecule has 0 radical (unpaired) electrons. The van der Waals surface area contributed by atoms with Crippen molar-refractivity contribution in [3.05, 3.63) is 52.2 Å². The number of rotatable bonds is 8. The fourth-order valence-electron chi connectivity index (χ4n) is 2.69. The van der Waals surface area contributed by atoms with Crippen LogP contribution in [0.15, 0.2) is 51.7 Å². The highest BCUT2D eigenvalue weighted by molar-refractivity contribution is 7.90. The van der Waals surface area contributed by atoms with Crippen LogP contribution in [0, 0.1) is 0 Å². The van der Waals surface area contributed by atoms with Crippen molar-refractivity contribution in [2.75, 3.05) is 19.7 Å². The molecule has 0 saturated heterocycles. The summed E-state index contributed by atoms with van der Waals surface area (Å²) in [5, 5.41) is 6.55. The van der Waals surface area contributed by atoms with E-state index in [2.05, 4.69) is 20.3 Å². The number of ether oxygens (including phenoxy) is 1. The maximum absolute atomic E-state index is 12.0. The molecule has 3 rings (SSSR count). The van der Waals surface area contributed by atoms with E-state index in [-0.39, 0.29) is 23.7 Å². The Labute approximate surface area is 182 Å². The molecule has 31 heavy (non-hydrogen) atoms. The lowest BCUT2D eigenvalue weighted by Gasteiger charge is -2.07. The predicted octanol–water partition coefficient (Wildman–Crippen LogP) is 0.788. The maximum Gasteiger partial charge on any atom is 0.321 e. The Balaban J connectivity index is 1.35. The van der Waals surface area contributed by atoms with Crippen molar-refractivity contribution < 1.29 is 27.5 Å². The lowest BCUT2D eigenvalue weighted by molar-refractivity contribution is -0.148. The van der Waals surface area contributed by atoms with Gasteiger partial charge in [0.2, 0.25) is 0 Å². The maximum atomic E-state index is 12.0. The predicted molar refractivity (Wildman–Crippen MR) is 113 cm³/mol. The third kappa shape index (κ3) is 6.36. The minimum absolute atomic E-state index is 0.0319. The fourth-order valence-corrected chi connectivity index (χ4v) is 4.65. The minimum atomic E-state index is -3.65. The van der Waals surface area contributed by atoms with Gasteiger partial charge in [-0.1, -0.05) is 18.2 Å². The molecule has 0 saturated carbocycles. The first-order chi connectivity index (χ1) is 14.8. The zero-order valence-electron chi connectivity index (χ0n) is 16.3. The first-order valence-electron chi connectivity index (χ1n) is 9.27. The quantitative estimate of drug-likeness (QED) is 0.493. The number of sulfonamides is 1. The van der Waals surface area contributed by atoms with Crippen molar-refractivity contribution in [3.8, 4) is 0 Å². The Morgan fingerprint density at radius 3 is 2.71 bits per heavy atom. The fraction of sp³-hybridized carbons (Fsp3) is 0.263. The molecule has 2 aromatic rings.